The van der Waals surface area contributed by atoms with E-state index in [9.17, 15) is 8.78 Å². The van der Waals surface area contributed by atoms with Crippen LogP contribution in [0.1, 0.15) is 11.3 Å². The van der Waals surface area contributed by atoms with Gasteiger partial charge in [-0.3, -0.25) is 0 Å². The fourth-order valence-corrected chi connectivity index (χ4v) is 1.54. The Bertz CT molecular complexity index is 440. The van der Waals surface area contributed by atoms with Crippen LogP contribution in [-0.4, -0.2) is 6.54 Å². The quantitative estimate of drug-likeness (QED) is 0.864. The first-order chi connectivity index (χ1) is 8.18. The Balaban J connectivity index is 1.90. The Labute approximate surface area is 98.3 Å². The highest BCUT2D eigenvalue weighted by atomic mass is 19.3. The summed E-state index contributed by atoms with van der Waals surface area (Å²) in [7, 11) is 0. The van der Waals surface area contributed by atoms with Gasteiger partial charge in [0.05, 0.1) is 19.4 Å². The smallest absolute Gasteiger partial charge is 0.285 e. The van der Waals surface area contributed by atoms with Crippen molar-refractivity contribution >= 4 is 0 Å². The van der Waals surface area contributed by atoms with Gasteiger partial charge in [0.25, 0.3) is 5.92 Å². The molecule has 1 aromatic heterocycles. The summed E-state index contributed by atoms with van der Waals surface area (Å²) in [6, 6.07) is 11.3. The first-order valence-electron chi connectivity index (χ1n) is 5.35. The Hall–Kier alpha value is -1.68. The number of hydrogen-bond acceptors (Lipinski definition) is 2. The number of rotatable bonds is 5. The first kappa shape index (κ1) is 11.8. The van der Waals surface area contributed by atoms with Crippen molar-refractivity contribution in [2.45, 2.75) is 12.5 Å². The van der Waals surface area contributed by atoms with Crippen LogP contribution in [0.25, 0.3) is 0 Å². The zero-order valence-corrected chi connectivity index (χ0v) is 9.20. The first-order valence-corrected chi connectivity index (χ1v) is 5.35. The highest BCUT2D eigenvalue weighted by Gasteiger charge is 2.30. The van der Waals surface area contributed by atoms with Crippen LogP contribution in [0, 0.1) is 0 Å². The number of halogens is 2. The molecule has 0 fully saturated rings. The van der Waals surface area contributed by atoms with Crippen LogP contribution in [0.15, 0.2) is 53.1 Å². The largest absolute Gasteiger partial charge is 0.468 e. The lowest BCUT2D eigenvalue weighted by molar-refractivity contribution is -0.00376. The van der Waals surface area contributed by atoms with E-state index in [1.54, 1.807) is 30.3 Å². The Morgan fingerprint density at radius 3 is 2.47 bits per heavy atom. The van der Waals surface area contributed by atoms with Crippen molar-refractivity contribution in [1.29, 1.82) is 0 Å². The summed E-state index contributed by atoms with van der Waals surface area (Å²) in [6.07, 6.45) is 1.52. The zero-order valence-electron chi connectivity index (χ0n) is 9.20. The van der Waals surface area contributed by atoms with Gasteiger partial charge < -0.3 is 9.73 Å². The third-order valence-corrected chi connectivity index (χ3v) is 2.42. The minimum absolute atomic E-state index is 0.0203. The van der Waals surface area contributed by atoms with Crippen molar-refractivity contribution in [2.24, 2.45) is 0 Å². The third-order valence-electron chi connectivity index (χ3n) is 2.42. The Morgan fingerprint density at radius 2 is 1.82 bits per heavy atom. The number of furan rings is 1. The van der Waals surface area contributed by atoms with Crippen LogP contribution >= 0.6 is 0 Å². The number of alkyl halides is 2. The van der Waals surface area contributed by atoms with Crippen molar-refractivity contribution in [2.75, 3.05) is 6.54 Å². The molecule has 90 valence electrons. The molecule has 0 amide bonds. The molecule has 0 bridgehead atoms. The van der Waals surface area contributed by atoms with E-state index in [-0.39, 0.29) is 5.56 Å². The van der Waals surface area contributed by atoms with E-state index in [1.165, 1.54) is 18.4 Å². The maximum atomic E-state index is 13.7. The highest BCUT2D eigenvalue weighted by Crippen LogP contribution is 2.26. The molecule has 2 rings (SSSR count). The molecule has 0 radical (unpaired) electrons. The van der Waals surface area contributed by atoms with Crippen molar-refractivity contribution < 1.29 is 13.2 Å². The fraction of sp³-hybridized carbons (Fsp3) is 0.231. The van der Waals surface area contributed by atoms with Crippen LogP contribution in [0.3, 0.4) is 0 Å². The summed E-state index contributed by atoms with van der Waals surface area (Å²) in [4.78, 5) is 0. The van der Waals surface area contributed by atoms with Crippen LogP contribution in [0.5, 0.6) is 0 Å². The van der Waals surface area contributed by atoms with Gasteiger partial charge in [-0.15, -0.1) is 0 Å². The number of nitrogens with one attached hydrogen (secondary N) is 1. The molecule has 1 N–H and O–H groups in total. The van der Waals surface area contributed by atoms with E-state index in [2.05, 4.69) is 5.32 Å². The SMILES string of the molecule is FC(F)(CNCc1ccco1)c1ccccc1. The molecule has 0 aliphatic carbocycles. The molecule has 1 heterocycles. The van der Waals surface area contributed by atoms with Crippen molar-refractivity contribution in [3.8, 4) is 0 Å². The van der Waals surface area contributed by atoms with E-state index in [0.29, 0.717) is 12.3 Å². The molecule has 2 aromatic rings. The number of hydrogen-bond donors (Lipinski definition) is 1. The molecular weight excluding hydrogens is 224 g/mol. The van der Waals surface area contributed by atoms with E-state index in [1.807, 2.05) is 0 Å². The van der Waals surface area contributed by atoms with E-state index < -0.39 is 12.5 Å². The summed E-state index contributed by atoms with van der Waals surface area (Å²) in [5.41, 5.74) is 0.0203. The molecule has 0 spiro atoms. The van der Waals surface area contributed by atoms with Gasteiger partial charge in [-0.1, -0.05) is 30.3 Å². The van der Waals surface area contributed by atoms with E-state index in [0.717, 1.165) is 0 Å². The van der Waals surface area contributed by atoms with Gasteiger partial charge in [-0.25, -0.2) is 0 Å². The van der Waals surface area contributed by atoms with Crippen LogP contribution < -0.4 is 5.32 Å². The lowest BCUT2D eigenvalue weighted by atomic mass is 10.1. The minimum Gasteiger partial charge on any atom is -0.468 e. The number of benzene rings is 1. The van der Waals surface area contributed by atoms with Gasteiger partial charge in [0.15, 0.2) is 0 Å². The molecule has 2 nitrogen and oxygen atoms in total. The second-order valence-electron chi connectivity index (χ2n) is 3.75. The summed E-state index contributed by atoms with van der Waals surface area (Å²) in [5, 5.41) is 2.68. The molecule has 17 heavy (non-hydrogen) atoms. The van der Waals surface area contributed by atoms with Crippen molar-refractivity contribution in [1.82, 2.24) is 5.32 Å². The van der Waals surface area contributed by atoms with Gasteiger partial charge in [-0.05, 0) is 12.1 Å². The predicted molar refractivity (Wildman–Crippen MR) is 60.8 cm³/mol. The van der Waals surface area contributed by atoms with E-state index >= 15 is 0 Å². The third kappa shape index (κ3) is 3.14. The monoisotopic (exact) mass is 237 g/mol. The maximum absolute atomic E-state index is 13.7. The average Bonchev–Trinajstić information content (AvgIpc) is 2.83. The van der Waals surface area contributed by atoms with Crippen molar-refractivity contribution in [3.63, 3.8) is 0 Å². The van der Waals surface area contributed by atoms with Crippen LogP contribution in [-0.2, 0) is 12.5 Å². The summed E-state index contributed by atoms with van der Waals surface area (Å²) in [5.74, 6) is -2.22. The molecule has 0 unspecified atom stereocenters. The molecule has 0 saturated carbocycles. The van der Waals surface area contributed by atoms with Gasteiger partial charge in [0.1, 0.15) is 5.76 Å². The molecule has 0 aliphatic rings. The van der Waals surface area contributed by atoms with Crippen molar-refractivity contribution in [3.05, 3.63) is 60.1 Å². The zero-order chi connectivity index (χ0) is 12.1. The predicted octanol–water partition coefficient (Wildman–Crippen LogP) is 3.16. The second kappa shape index (κ2) is 5.10. The van der Waals surface area contributed by atoms with Gasteiger partial charge in [-0.2, -0.15) is 8.78 Å². The normalized spacial score (nSPS) is 11.6. The molecule has 4 heteroatoms. The lowest BCUT2D eigenvalue weighted by Gasteiger charge is -2.16. The Kier molecular flexibility index (Phi) is 3.54. The molecular formula is C13H13F2NO. The van der Waals surface area contributed by atoms with Gasteiger partial charge in [0.2, 0.25) is 0 Å². The summed E-state index contributed by atoms with van der Waals surface area (Å²) >= 11 is 0. The van der Waals surface area contributed by atoms with Crippen LogP contribution in [0.2, 0.25) is 0 Å². The molecule has 0 saturated heterocycles. The van der Waals surface area contributed by atoms with Crippen LogP contribution in [0.4, 0.5) is 8.78 Å². The van der Waals surface area contributed by atoms with Gasteiger partial charge >= 0.3 is 0 Å². The summed E-state index contributed by atoms with van der Waals surface area (Å²) in [6.45, 7) is -0.104. The summed E-state index contributed by atoms with van der Waals surface area (Å²) < 4.78 is 32.4. The standard InChI is InChI=1S/C13H13F2NO/c14-13(15,11-5-2-1-3-6-11)10-16-9-12-7-4-8-17-12/h1-8,16H,9-10H2. The fourth-order valence-electron chi connectivity index (χ4n) is 1.54. The molecule has 1 aromatic carbocycles. The van der Waals surface area contributed by atoms with Gasteiger partial charge in [0, 0.05) is 5.56 Å². The van der Waals surface area contributed by atoms with E-state index in [4.69, 9.17) is 4.42 Å². The topological polar surface area (TPSA) is 25.2 Å². The average molecular weight is 237 g/mol. The lowest BCUT2D eigenvalue weighted by Crippen LogP contribution is -2.30. The molecule has 0 atom stereocenters. The highest BCUT2D eigenvalue weighted by molar-refractivity contribution is 5.20. The second-order valence-corrected chi connectivity index (χ2v) is 3.75. The minimum atomic E-state index is -2.87. The Morgan fingerprint density at radius 1 is 1.06 bits per heavy atom. The molecule has 0 aliphatic heterocycles. The maximum Gasteiger partial charge on any atom is 0.285 e.